The van der Waals surface area contributed by atoms with Gasteiger partial charge in [0.1, 0.15) is 6.04 Å². The lowest BCUT2D eigenvalue weighted by atomic mass is 10.0. The standard InChI is InChI=1S/C19H29N3O4S/c1-14(2)18(21-17(23)12-15-8-5-4-6-9-15)19(24)20-16-10-7-11-22(13-16)27(3,25)26/h4-6,8-9,14,16,18H,7,10-13H2,1-3H3,(H,20,24)(H,21,23). The molecule has 0 bridgehead atoms. The number of carbonyl (C=O) groups excluding carboxylic acids is 2. The highest BCUT2D eigenvalue weighted by atomic mass is 32.2. The van der Waals surface area contributed by atoms with Gasteiger partial charge in [0.25, 0.3) is 0 Å². The number of amides is 2. The summed E-state index contributed by atoms with van der Waals surface area (Å²) in [6, 6.07) is 8.45. The molecule has 150 valence electrons. The monoisotopic (exact) mass is 395 g/mol. The number of nitrogens with zero attached hydrogens (tertiary/aromatic N) is 1. The van der Waals surface area contributed by atoms with Crippen LogP contribution in [0.1, 0.15) is 32.3 Å². The molecule has 0 radical (unpaired) electrons. The number of hydrogen-bond acceptors (Lipinski definition) is 4. The Morgan fingerprint density at radius 2 is 1.89 bits per heavy atom. The highest BCUT2D eigenvalue weighted by molar-refractivity contribution is 7.88. The summed E-state index contributed by atoms with van der Waals surface area (Å²) in [6.07, 6.45) is 2.81. The summed E-state index contributed by atoms with van der Waals surface area (Å²) in [6.45, 7) is 4.49. The van der Waals surface area contributed by atoms with Crippen LogP contribution < -0.4 is 10.6 Å². The van der Waals surface area contributed by atoms with Crippen molar-refractivity contribution < 1.29 is 18.0 Å². The molecule has 1 saturated heterocycles. The molecule has 0 spiro atoms. The van der Waals surface area contributed by atoms with E-state index in [1.807, 2.05) is 44.2 Å². The molecule has 1 fully saturated rings. The first-order valence-electron chi connectivity index (χ1n) is 9.25. The second-order valence-electron chi connectivity index (χ2n) is 7.42. The number of piperidine rings is 1. The molecule has 0 saturated carbocycles. The summed E-state index contributed by atoms with van der Waals surface area (Å²) in [7, 11) is -3.27. The molecule has 8 heteroatoms. The van der Waals surface area contributed by atoms with Gasteiger partial charge >= 0.3 is 0 Å². The van der Waals surface area contributed by atoms with E-state index in [4.69, 9.17) is 0 Å². The zero-order chi connectivity index (χ0) is 20.0. The molecule has 0 aliphatic carbocycles. The van der Waals surface area contributed by atoms with Crippen LogP contribution in [0.4, 0.5) is 0 Å². The number of rotatable bonds is 7. The smallest absolute Gasteiger partial charge is 0.243 e. The Hall–Kier alpha value is -1.93. The van der Waals surface area contributed by atoms with E-state index >= 15 is 0 Å². The Morgan fingerprint density at radius 3 is 2.48 bits per heavy atom. The number of hydrogen-bond donors (Lipinski definition) is 2. The van der Waals surface area contributed by atoms with Gasteiger partial charge in [-0.15, -0.1) is 0 Å². The van der Waals surface area contributed by atoms with Gasteiger partial charge in [-0.1, -0.05) is 44.2 Å². The minimum Gasteiger partial charge on any atom is -0.350 e. The summed E-state index contributed by atoms with van der Waals surface area (Å²) in [5.41, 5.74) is 0.883. The van der Waals surface area contributed by atoms with Gasteiger partial charge in [-0.2, -0.15) is 0 Å². The molecular weight excluding hydrogens is 366 g/mol. The zero-order valence-corrected chi connectivity index (χ0v) is 17.0. The van der Waals surface area contributed by atoms with Crippen molar-refractivity contribution in [2.24, 2.45) is 5.92 Å². The van der Waals surface area contributed by atoms with Crippen molar-refractivity contribution in [2.75, 3.05) is 19.3 Å². The number of sulfonamides is 1. The second-order valence-corrected chi connectivity index (χ2v) is 9.40. The minimum absolute atomic E-state index is 0.0840. The fraction of sp³-hybridized carbons (Fsp3) is 0.579. The van der Waals surface area contributed by atoms with Crippen LogP contribution in [0.2, 0.25) is 0 Å². The van der Waals surface area contributed by atoms with E-state index in [1.165, 1.54) is 10.6 Å². The first-order chi connectivity index (χ1) is 12.7. The molecular formula is C19H29N3O4S. The first-order valence-corrected chi connectivity index (χ1v) is 11.1. The van der Waals surface area contributed by atoms with E-state index in [0.29, 0.717) is 13.0 Å². The molecule has 1 aromatic rings. The first kappa shape index (κ1) is 21.4. The minimum atomic E-state index is -3.27. The third kappa shape index (κ3) is 6.62. The Morgan fingerprint density at radius 1 is 1.22 bits per heavy atom. The van der Waals surface area contributed by atoms with Crippen molar-refractivity contribution >= 4 is 21.8 Å². The molecule has 2 rings (SSSR count). The topological polar surface area (TPSA) is 95.6 Å². The quantitative estimate of drug-likeness (QED) is 0.717. The summed E-state index contributed by atoms with van der Waals surface area (Å²) in [4.78, 5) is 25.0. The van der Waals surface area contributed by atoms with Crippen LogP contribution in [0.15, 0.2) is 30.3 Å². The SMILES string of the molecule is CC(C)C(NC(=O)Cc1ccccc1)C(=O)NC1CCCN(S(C)(=O)=O)C1. The second kappa shape index (κ2) is 9.32. The molecule has 2 N–H and O–H groups in total. The Balaban J connectivity index is 1.95. The molecule has 1 aliphatic heterocycles. The van der Waals surface area contributed by atoms with Gasteiger partial charge in [-0.25, -0.2) is 12.7 Å². The molecule has 1 heterocycles. The number of benzene rings is 1. The van der Waals surface area contributed by atoms with Crippen LogP contribution in [0.3, 0.4) is 0 Å². The van der Waals surface area contributed by atoms with Crippen LogP contribution in [0.5, 0.6) is 0 Å². The molecule has 7 nitrogen and oxygen atoms in total. The van der Waals surface area contributed by atoms with Crippen molar-refractivity contribution in [3.63, 3.8) is 0 Å². The summed E-state index contributed by atoms with van der Waals surface area (Å²) >= 11 is 0. The molecule has 2 unspecified atom stereocenters. The lowest BCUT2D eigenvalue weighted by Gasteiger charge is -2.33. The van der Waals surface area contributed by atoms with Crippen molar-refractivity contribution in [3.8, 4) is 0 Å². The Kier molecular flexibility index (Phi) is 7.38. The number of nitrogens with one attached hydrogen (secondary N) is 2. The maximum Gasteiger partial charge on any atom is 0.243 e. The van der Waals surface area contributed by atoms with E-state index in [-0.39, 0.29) is 36.7 Å². The maximum atomic E-state index is 12.7. The summed E-state index contributed by atoms with van der Waals surface area (Å²) in [5, 5.41) is 5.72. The lowest BCUT2D eigenvalue weighted by Crippen LogP contribution is -2.56. The van der Waals surface area contributed by atoms with Crippen molar-refractivity contribution in [3.05, 3.63) is 35.9 Å². The van der Waals surface area contributed by atoms with Gasteiger partial charge in [0.05, 0.1) is 12.7 Å². The third-order valence-corrected chi connectivity index (χ3v) is 5.94. The van der Waals surface area contributed by atoms with Crippen LogP contribution in [-0.4, -0.2) is 56.0 Å². The molecule has 27 heavy (non-hydrogen) atoms. The van der Waals surface area contributed by atoms with Gasteiger partial charge < -0.3 is 10.6 Å². The predicted octanol–water partition coefficient (Wildman–Crippen LogP) is 0.910. The summed E-state index contributed by atoms with van der Waals surface area (Å²) in [5.74, 6) is -0.567. The fourth-order valence-corrected chi connectivity index (χ4v) is 4.10. The van der Waals surface area contributed by atoms with Crippen LogP contribution in [-0.2, 0) is 26.0 Å². The molecule has 2 amide bonds. The van der Waals surface area contributed by atoms with E-state index in [0.717, 1.165) is 12.0 Å². The maximum absolute atomic E-state index is 12.7. The average molecular weight is 396 g/mol. The normalized spacial score (nSPS) is 19.5. The predicted molar refractivity (Wildman–Crippen MR) is 104 cm³/mol. The van der Waals surface area contributed by atoms with Gasteiger partial charge in [0.2, 0.25) is 21.8 Å². The Bertz CT molecular complexity index is 749. The lowest BCUT2D eigenvalue weighted by molar-refractivity contribution is -0.130. The van der Waals surface area contributed by atoms with Gasteiger partial charge in [-0.3, -0.25) is 9.59 Å². The molecule has 0 aromatic heterocycles. The molecule has 2 atom stereocenters. The van der Waals surface area contributed by atoms with Crippen LogP contribution in [0.25, 0.3) is 0 Å². The molecule has 1 aromatic carbocycles. The van der Waals surface area contributed by atoms with E-state index in [9.17, 15) is 18.0 Å². The largest absolute Gasteiger partial charge is 0.350 e. The third-order valence-electron chi connectivity index (χ3n) is 4.67. The van der Waals surface area contributed by atoms with Crippen molar-refractivity contribution in [2.45, 2.75) is 45.2 Å². The van der Waals surface area contributed by atoms with E-state index in [1.54, 1.807) is 0 Å². The van der Waals surface area contributed by atoms with Gasteiger partial charge in [0, 0.05) is 19.1 Å². The van der Waals surface area contributed by atoms with Crippen LogP contribution >= 0.6 is 0 Å². The fourth-order valence-electron chi connectivity index (χ4n) is 3.19. The van der Waals surface area contributed by atoms with E-state index in [2.05, 4.69) is 10.6 Å². The van der Waals surface area contributed by atoms with Crippen molar-refractivity contribution in [1.82, 2.24) is 14.9 Å². The van der Waals surface area contributed by atoms with Crippen LogP contribution in [0, 0.1) is 5.92 Å². The highest BCUT2D eigenvalue weighted by Crippen LogP contribution is 2.14. The highest BCUT2D eigenvalue weighted by Gasteiger charge is 2.30. The average Bonchev–Trinajstić information content (AvgIpc) is 2.59. The van der Waals surface area contributed by atoms with Gasteiger partial charge in [-0.05, 0) is 24.3 Å². The zero-order valence-electron chi connectivity index (χ0n) is 16.1. The number of carbonyl (C=O) groups is 2. The summed E-state index contributed by atoms with van der Waals surface area (Å²) < 4.78 is 24.9. The van der Waals surface area contributed by atoms with Crippen molar-refractivity contribution in [1.29, 1.82) is 0 Å². The molecule has 1 aliphatic rings. The van der Waals surface area contributed by atoms with Gasteiger partial charge in [0.15, 0.2) is 0 Å². The van der Waals surface area contributed by atoms with E-state index < -0.39 is 16.1 Å². The Labute approximate surface area is 161 Å².